The standard InChI is InChI=1S/C5H5N3S.CH6N2/c6-3-1-2-5-8-7-4-9-5;1-3-2/h4H,1-2H2;3H,2H2,1H3. The van der Waals surface area contributed by atoms with Crippen molar-refractivity contribution in [3.8, 4) is 6.07 Å². The first-order valence-electron chi connectivity index (χ1n) is 3.34. The molecule has 0 aliphatic rings. The minimum absolute atomic E-state index is 0.537. The lowest BCUT2D eigenvalue weighted by Gasteiger charge is -1.80. The van der Waals surface area contributed by atoms with Crippen LogP contribution in [0, 0.1) is 11.3 Å². The molecule has 0 unspecified atom stereocenters. The zero-order chi connectivity index (χ0) is 9.23. The highest BCUT2D eigenvalue weighted by Gasteiger charge is 1.93. The van der Waals surface area contributed by atoms with Crippen LogP contribution in [0.4, 0.5) is 0 Å². The first kappa shape index (κ1) is 11.0. The third-order valence-electron chi connectivity index (χ3n) is 0.856. The highest BCUT2D eigenvalue weighted by molar-refractivity contribution is 7.09. The van der Waals surface area contributed by atoms with Crippen LogP contribution >= 0.6 is 11.3 Å². The molecular weight excluding hydrogens is 174 g/mol. The highest BCUT2D eigenvalue weighted by Crippen LogP contribution is 2.02. The summed E-state index contributed by atoms with van der Waals surface area (Å²) < 4.78 is 0. The Morgan fingerprint density at radius 3 is 2.92 bits per heavy atom. The van der Waals surface area contributed by atoms with Crippen LogP contribution in [-0.4, -0.2) is 17.2 Å². The lowest BCUT2D eigenvalue weighted by molar-refractivity contribution is 0.900. The van der Waals surface area contributed by atoms with E-state index in [9.17, 15) is 0 Å². The van der Waals surface area contributed by atoms with Crippen molar-refractivity contribution in [1.82, 2.24) is 15.6 Å². The lowest BCUT2D eigenvalue weighted by atomic mass is 10.3. The molecule has 0 saturated carbocycles. The number of hydrogen-bond acceptors (Lipinski definition) is 6. The van der Waals surface area contributed by atoms with Crippen LogP contribution in [0.3, 0.4) is 0 Å². The number of aromatic nitrogens is 2. The minimum Gasteiger partial charge on any atom is -0.272 e. The van der Waals surface area contributed by atoms with Crippen LogP contribution < -0.4 is 11.3 Å². The maximum atomic E-state index is 8.17. The Labute approximate surface area is 75.2 Å². The molecule has 1 rings (SSSR count). The molecule has 0 aliphatic heterocycles. The molecule has 6 heteroatoms. The molecule has 0 radical (unpaired) electrons. The summed E-state index contributed by atoms with van der Waals surface area (Å²) in [6, 6.07) is 2.04. The number of nitriles is 1. The van der Waals surface area contributed by atoms with Crippen LogP contribution in [0.5, 0.6) is 0 Å². The molecule has 0 fully saturated rings. The summed E-state index contributed by atoms with van der Waals surface area (Å²) in [7, 11) is 1.65. The number of aryl methyl sites for hydroxylation is 1. The SMILES string of the molecule is CNN.N#CCCc1nncs1. The average molecular weight is 185 g/mol. The van der Waals surface area contributed by atoms with E-state index >= 15 is 0 Å². The van der Waals surface area contributed by atoms with E-state index in [2.05, 4.69) is 21.5 Å². The maximum Gasteiger partial charge on any atom is 0.118 e. The summed E-state index contributed by atoms with van der Waals surface area (Å²) in [5.74, 6) is 4.60. The van der Waals surface area contributed by atoms with Crippen molar-refractivity contribution in [2.24, 2.45) is 5.84 Å². The molecule has 1 aromatic rings. The molecule has 5 nitrogen and oxygen atoms in total. The summed E-state index contributed by atoms with van der Waals surface area (Å²) in [4.78, 5) is 0. The molecule has 3 N–H and O–H groups in total. The van der Waals surface area contributed by atoms with E-state index in [0.29, 0.717) is 6.42 Å². The van der Waals surface area contributed by atoms with Gasteiger partial charge in [0.2, 0.25) is 0 Å². The number of hydrogen-bond donors (Lipinski definition) is 2. The van der Waals surface area contributed by atoms with Crippen molar-refractivity contribution in [2.75, 3.05) is 7.05 Å². The molecule has 0 bridgehead atoms. The topological polar surface area (TPSA) is 87.6 Å². The molecule has 66 valence electrons. The molecular formula is C6H11N5S. The van der Waals surface area contributed by atoms with Gasteiger partial charge in [0, 0.05) is 12.8 Å². The van der Waals surface area contributed by atoms with E-state index in [0.717, 1.165) is 11.4 Å². The fourth-order valence-corrected chi connectivity index (χ4v) is 0.998. The third-order valence-corrected chi connectivity index (χ3v) is 1.61. The molecule has 0 spiro atoms. The van der Waals surface area contributed by atoms with E-state index in [1.165, 1.54) is 11.3 Å². The predicted octanol–water partition coefficient (Wildman–Crippen LogP) is 0.0738. The molecule has 0 aliphatic carbocycles. The quantitative estimate of drug-likeness (QED) is 0.503. The first-order chi connectivity index (χ1) is 5.85. The molecule has 0 atom stereocenters. The first-order valence-corrected chi connectivity index (χ1v) is 4.22. The van der Waals surface area contributed by atoms with Gasteiger partial charge in [-0.25, -0.2) is 0 Å². The normalized spacial score (nSPS) is 8.08. The van der Waals surface area contributed by atoms with Gasteiger partial charge in [-0.2, -0.15) is 5.26 Å². The number of nitrogens with two attached hydrogens (primary N) is 1. The summed E-state index contributed by atoms with van der Waals surface area (Å²) >= 11 is 1.49. The van der Waals surface area contributed by atoms with Gasteiger partial charge in [-0.1, -0.05) is 0 Å². The van der Waals surface area contributed by atoms with Crippen LogP contribution in [-0.2, 0) is 6.42 Å². The molecule has 0 amide bonds. The van der Waals surface area contributed by atoms with Gasteiger partial charge in [-0.05, 0) is 7.05 Å². The van der Waals surface area contributed by atoms with E-state index in [1.54, 1.807) is 12.6 Å². The van der Waals surface area contributed by atoms with Gasteiger partial charge in [-0.3, -0.25) is 11.3 Å². The van der Waals surface area contributed by atoms with Crippen molar-refractivity contribution < 1.29 is 0 Å². The zero-order valence-electron chi connectivity index (χ0n) is 6.82. The fourth-order valence-electron chi connectivity index (χ4n) is 0.468. The Morgan fingerprint density at radius 1 is 1.83 bits per heavy atom. The molecule has 1 heterocycles. The maximum absolute atomic E-state index is 8.17. The summed E-state index contributed by atoms with van der Waals surface area (Å²) in [5, 5.41) is 16.5. The average Bonchev–Trinajstić information content (AvgIpc) is 2.54. The Hall–Kier alpha value is -1.03. The minimum atomic E-state index is 0.537. The van der Waals surface area contributed by atoms with Crippen LogP contribution in [0.15, 0.2) is 5.51 Å². The number of nitrogens with zero attached hydrogens (tertiary/aromatic N) is 3. The fraction of sp³-hybridized carbons (Fsp3) is 0.500. The van der Waals surface area contributed by atoms with Gasteiger partial charge in [0.05, 0.1) is 6.07 Å². The number of rotatable bonds is 2. The van der Waals surface area contributed by atoms with E-state index < -0.39 is 0 Å². The van der Waals surface area contributed by atoms with E-state index in [1.807, 2.05) is 6.07 Å². The van der Waals surface area contributed by atoms with Gasteiger partial charge in [0.15, 0.2) is 0 Å². The Morgan fingerprint density at radius 2 is 2.50 bits per heavy atom. The predicted molar refractivity (Wildman–Crippen MR) is 47.1 cm³/mol. The van der Waals surface area contributed by atoms with Crippen molar-refractivity contribution in [2.45, 2.75) is 12.8 Å². The molecule has 0 aromatic carbocycles. The van der Waals surface area contributed by atoms with Crippen LogP contribution in [0.25, 0.3) is 0 Å². The van der Waals surface area contributed by atoms with Gasteiger partial charge < -0.3 is 0 Å². The van der Waals surface area contributed by atoms with Gasteiger partial charge in [-0.15, -0.1) is 21.5 Å². The van der Waals surface area contributed by atoms with Gasteiger partial charge in [0.1, 0.15) is 10.5 Å². The van der Waals surface area contributed by atoms with Crippen molar-refractivity contribution >= 4 is 11.3 Å². The monoisotopic (exact) mass is 185 g/mol. The molecule has 0 saturated heterocycles. The second kappa shape index (κ2) is 8.07. The Kier molecular flexibility index (Phi) is 7.38. The largest absolute Gasteiger partial charge is 0.272 e. The van der Waals surface area contributed by atoms with Crippen molar-refractivity contribution in [1.29, 1.82) is 5.26 Å². The number of hydrazine groups is 1. The van der Waals surface area contributed by atoms with Crippen LogP contribution in [0.2, 0.25) is 0 Å². The summed E-state index contributed by atoms with van der Waals surface area (Å²) in [5.41, 5.74) is 3.92. The van der Waals surface area contributed by atoms with E-state index in [4.69, 9.17) is 5.26 Å². The third kappa shape index (κ3) is 5.73. The van der Waals surface area contributed by atoms with Crippen LogP contribution in [0.1, 0.15) is 11.4 Å². The Bertz CT molecular complexity index is 214. The van der Waals surface area contributed by atoms with Crippen molar-refractivity contribution in [3.63, 3.8) is 0 Å². The Balaban J connectivity index is 0.000000354. The zero-order valence-corrected chi connectivity index (χ0v) is 7.64. The summed E-state index contributed by atoms with van der Waals surface area (Å²) in [6.45, 7) is 0. The van der Waals surface area contributed by atoms with Gasteiger partial charge >= 0.3 is 0 Å². The van der Waals surface area contributed by atoms with Gasteiger partial charge in [0.25, 0.3) is 0 Å². The van der Waals surface area contributed by atoms with E-state index in [-0.39, 0.29) is 0 Å². The molecule has 12 heavy (non-hydrogen) atoms. The highest BCUT2D eigenvalue weighted by atomic mass is 32.1. The summed E-state index contributed by atoms with van der Waals surface area (Å²) in [6.07, 6.45) is 1.27. The second-order valence-electron chi connectivity index (χ2n) is 1.78. The van der Waals surface area contributed by atoms with Crippen molar-refractivity contribution in [3.05, 3.63) is 10.5 Å². The molecule has 1 aromatic heterocycles. The number of nitrogens with one attached hydrogen (secondary N) is 1. The smallest absolute Gasteiger partial charge is 0.118 e. The second-order valence-corrected chi connectivity index (χ2v) is 2.70. The lowest BCUT2D eigenvalue weighted by Crippen LogP contribution is -2.13.